The lowest BCUT2D eigenvalue weighted by Gasteiger charge is -2.33. The zero-order valence-electron chi connectivity index (χ0n) is 11.8. The molecule has 2 aliphatic rings. The molecule has 2 heterocycles. The normalized spacial score (nSPS) is 22.5. The highest BCUT2D eigenvalue weighted by atomic mass is 19.1. The quantitative estimate of drug-likeness (QED) is 0.862. The summed E-state index contributed by atoms with van der Waals surface area (Å²) in [7, 11) is 0. The number of piperidine rings is 1. The first-order valence-corrected chi connectivity index (χ1v) is 7.34. The Kier molecular flexibility index (Phi) is 4.20. The highest BCUT2D eigenvalue weighted by Crippen LogP contribution is 2.22. The fraction of sp³-hybridized carbons (Fsp3) is 0.438. The number of halogens is 1. The molecule has 1 amide bonds. The van der Waals surface area contributed by atoms with Crippen LogP contribution in [-0.4, -0.2) is 42.6 Å². The second-order valence-corrected chi connectivity index (χ2v) is 5.39. The van der Waals surface area contributed by atoms with E-state index < -0.39 is 0 Å². The topological polar surface area (TPSA) is 41.6 Å². The average molecular weight is 290 g/mol. The molecule has 0 radical (unpaired) electrons. The molecule has 0 aromatic heterocycles. The molecular weight excluding hydrogens is 271 g/mol. The number of carbonyl (C=O) groups is 1. The van der Waals surface area contributed by atoms with Gasteiger partial charge in [-0.15, -0.1) is 0 Å². The second-order valence-electron chi connectivity index (χ2n) is 5.39. The van der Waals surface area contributed by atoms with Gasteiger partial charge in [-0.25, -0.2) is 4.39 Å². The Morgan fingerprint density at radius 1 is 1.29 bits per heavy atom. The molecule has 3 rings (SSSR count). The highest BCUT2D eigenvalue weighted by molar-refractivity contribution is 5.84. The lowest BCUT2D eigenvalue weighted by Crippen LogP contribution is -2.48. The summed E-state index contributed by atoms with van der Waals surface area (Å²) in [5, 5.41) is 3.13. The lowest BCUT2D eigenvalue weighted by molar-refractivity contribution is -0.133. The summed E-state index contributed by atoms with van der Waals surface area (Å²) in [5.41, 5.74) is 0. The van der Waals surface area contributed by atoms with E-state index in [1.54, 1.807) is 18.2 Å². The van der Waals surface area contributed by atoms with Gasteiger partial charge in [-0.1, -0.05) is 24.3 Å². The van der Waals surface area contributed by atoms with Crippen molar-refractivity contribution in [1.29, 1.82) is 0 Å². The molecule has 0 bridgehead atoms. The number of likely N-dealkylation sites (tertiary alicyclic amines) is 1. The summed E-state index contributed by atoms with van der Waals surface area (Å²) >= 11 is 0. The first-order valence-electron chi connectivity index (χ1n) is 7.34. The maximum absolute atomic E-state index is 13.5. The summed E-state index contributed by atoms with van der Waals surface area (Å²) in [5.74, 6) is 0.0760. The maximum Gasteiger partial charge on any atom is 0.243 e. The Labute approximate surface area is 123 Å². The monoisotopic (exact) mass is 290 g/mol. The predicted octanol–water partition coefficient (Wildman–Crippen LogP) is 1.72. The Morgan fingerprint density at radius 2 is 2.05 bits per heavy atom. The minimum Gasteiger partial charge on any atom is -0.487 e. The van der Waals surface area contributed by atoms with Crippen molar-refractivity contribution in [1.82, 2.24) is 10.2 Å². The van der Waals surface area contributed by atoms with Crippen molar-refractivity contribution in [2.75, 3.05) is 19.6 Å². The van der Waals surface area contributed by atoms with E-state index in [2.05, 4.69) is 5.32 Å². The molecule has 0 saturated carbocycles. The van der Waals surface area contributed by atoms with Crippen LogP contribution in [0.15, 0.2) is 36.4 Å². The molecule has 1 N–H and O–H groups in total. The zero-order valence-corrected chi connectivity index (χ0v) is 11.8. The van der Waals surface area contributed by atoms with Crippen LogP contribution in [0, 0.1) is 5.82 Å². The molecule has 0 spiro atoms. The van der Waals surface area contributed by atoms with Crippen molar-refractivity contribution in [3.63, 3.8) is 0 Å². The van der Waals surface area contributed by atoms with Gasteiger partial charge in [0.05, 0.1) is 0 Å². The number of para-hydroxylation sites is 1. The molecule has 4 nitrogen and oxygen atoms in total. The van der Waals surface area contributed by atoms with Crippen molar-refractivity contribution in [3.8, 4) is 5.75 Å². The van der Waals surface area contributed by atoms with Crippen LogP contribution in [-0.2, 0) is 4.79 Å². The molecular formula is C16H19FN2O2. The molecule has 1 fully saturated rings. The van der Waals surface area contributed by atoms with Gasteiger partial charge in [0.1, 0.15) is 12.1 Å². The summed E-state index contributed by atoms with van der Waals surface area (Å²) in [6.45, 7) is 2.07. The highest BCUT2D eigenvalue weighted by Gasteiger charge is 2.28. The summed E-state index contributed by atoms with van der Waals surface area (Å²) in [6.07, 6.45) is 5.31. The molecule has 1 unspecified atom stereocenters. The Hall–Kier alpha value is -1.88. The number of ether oxygens (including phenoxy) is 1. The van der Waals surface area contributed by atoms with E-state index in [0.717, 1.165) is 19.4 Å². The smallest absolute Gasteiger partial charge is 0.243 e. The number of benzene rings is 1. The SMILES string of the molecule is O=C(C1C=CCN1)N1CCC(Oc2ccccc2F)CC1. The van der Waals surface area contributed by atoms with Crippen molar-refractivity contribution in [2.45, 2.75) is 25.0 Å². The standard InChI is InChI=1S/C16H19FN2O2/c17-13-4-1-2-6-15(13)21-12-7-10-19(11-8-12)16(20)14-5-3-9-18-14/h1-6,12,14,18H,7-11H2. The molecule has 21 heavy (non-hydrogen) atoms. The van der Waals surface area contributed by atoms with E-state index in [0.29, 0.717) is 18.8 Å². The summed E-state index contributed by atoms with van der Waals surface area (Å²) < 4.78 is 19.2. The number of hydrogen-bond acceptors (Lipinski definition) is 3. The molecule has 1 atom stereocenters. The number of rotatable bonds is 3. The van der Waals surface area contributed by atoms with Gasteiger partial charge in [0.25, 0.3) is 0 Å². The first kappa shape index (κ1) is 14.1. The third-order valence-corrected chi connectivity index (χ3v) is 3.93. The average Bonchev–Trinajstić information content (AvgIpc) is 3.04. The minimum atomic E-state index is -0.337. The molecule has 1 aromatic rings. The maximum atomic E-state index is 13.5. The molecule has 0 aliphatic carbocycles. The van der Waals surface area contributed by atoms with E-state index >= 15 is 0 Å². The summed E-state index contributed by atoms with van der Waals surface area (Å²) in [4.78, 5) is 14.1. The van der Waals surface area contributed by atoms with Gasteiger partial charge < -0.3 is 9.64 Å². The Morgan fingerprint density at radius 3 is 2.71 bits per heavy atom. The van der Waals surface area contributed by atoms with Crippen molar-refractivity contribution >= 4 is 5.91 Å². The molecule has 5 heteroatoms. The van der Waals surface area contributed by atoms with Gasteiger partial charge in [-0.3, -0.25) is 10.1 Å². The van der Waals surface area contributed by atoms with Crippen molar-refractivity contribution in [2.24, 2.45) is 0 Å². The van der Waals surface area contributed by atoms with Crippen LogP contribution in [0.3, 0.4) is 0 Å². The van der Waals surface area contributed by atoms with Gasteiger partial charge in [0, 0.05) is 32.5 Å². The lowest BCUT2D eigenvalue weighted by atomic mass is 10.1. The van der Waals surface area contributed by atoms with E-state index in [1.165, 1.54) is 6.07 Å². The van der Waals surface area contributed by atoms with Gasteiger partial charge in [-0.2, -0.15) is 0 Å². The fourth-order valence-electron chi connectivity index (χ4n) is 2.75. The van der Waals surface area contributed by atoms with Crippen molar-refractivity contribution < 1.29 is 13.9 Å². The summed E-state index contributed by atoms with van der Waals surface area (Å²) in [6, 6.07) is 6.25. The predicted molar refractivity (Wildman–Crippen MR) is 77.6 cm³/mol. The number of nitrogens with one attached hydrogen (secondary N) is 1. The van der Waals surface area contributed by atoms with Gasteiger partial charge >= 0.3 is 0 Å². The number of amides is 1. The first-order chi connectivity index (χ1) is 10.2. The number of hydrogen-bond donors (Lipinski definition) is 1. The number of nitrogens with zero attached hydrogens (tertiary/aromatic N) is 1. The van der Waals surface area contributed by atoms with E-state index in [1.807, 2.05) is 17.1 Å². The Balaban J connectivity index is 1.52. The van der Waals surface area contributed by atoms with Gasteiger partial charge in [0.2, 0.25) is 5.91 Å². The van der Waals surface area contributed by atoms with E-state index in [4.69, 9.17) is 4.74 Å². The van der Waals surface area contributed by atoms with E-state index in [-0.39, 0.29) is 23.9 Å². The third kappa shape index (κ3) is 3.24. The number of carbonyl (C=O) groups excluding carboxylic acids is 1. The largest absolute Gasteiger partial charge is 0.487 e. The van der Waals surface area contributed by atoms with Gasteiger partial charge in [0.15, 0.2) is 11.6 Å². The minimum absolute atomic E-state index is 0.0296. The molecule has 1 aromatic carbocycles. The molecule has 1 saturated heterocycles. The van der Waals surface area contributed by atoms with E-state index in [9.17, 15) is 9.18 Å². The molecule has 2 aliphatic heterocycles. The van der Waals surface area contributed by atoms with Crippen LogP contribution in [0.4, 0.5) is 4.39 Å². The van der Waals surface area contributed by atoms with Crippen LogP contribution >= 0.6 is 0 Å². The third-order valence-electron chi connectivity index (χ3n) is 3.93. The van der Waals surface area contributed by atoms with Gasteiger partial charge in [-0.05, 0) is 12.1 Å². The van der Waals surface area contributed by atoms with Crippen molar-refractivity contribution in [3.05, 3.63) is 42.2 Å². The van der Waals surface area contributed by atoms with Crippen LogP contribution in [0.25, 0.3) is 0 Å². The van der Waals surface area contributed by atoms with Crippen LogP contribution < -0.4 is 10.1 Å². The Bertz CT molecular complexity index is 539. The van der Waals surface area contributed by atoms with Crippen LogP contribution in [0.2, 0.25) is 0 Å². The fourth-order valence-corrected chi connectivity index (χ4v) is 2.75. The second kappa shape index (κ2) is 6.26. The van der Waals surface area contributed by atoms with Crippen LogP contribution in [0.5, 0.6) is 5.75 Å². The molecule has 112 valence electrons. The zero-order chi connectivity index (χ0) is 14.7. The van der Waals surface area contributed by atoms with Crippen LogP contribution in [0.1, 0.15) is 12.8 Å².